The van der Waals surface area contributed by atoms with Gasteiger partial charge in [0, 0.05) is 19.3 Å². The Bertz CT molecular complexity index is 548. The van der Waals surface area contributed by atoms with Crippen molar-refractivity contribution >= 4 is 21.2 Å². The second-order valence-corrected chi connectivity index (χ2v) is 4.00. The zero-order chi connectivity index (χ0) is 11.0. The molecule has 15 heavy (non-hydrogen) atoms. The standard InChI is InChI=1S/C8H9N3O3S/c9-7(12)5-1-3-11-4-2-10-8(6(5)11)15(13)14/h1,3,10H,2,4H2,(H2,9,12). The number of aromatic nitrogens is 1. The van der Waals surface area contributed by atoms with Gasteiger partial charge in [0.1, 0.15) is 0 Å². The predicted octanol–water partition coefficient (Wildman–Crippen LogP) is -1.45. The van der Waals surface area contributed by atoms with Gasteiger partial charge in [-0.2, -0.15) is 8.42 Å². The van der Waals surface area contributed by atoms with Crippen molar-refractivity contribution in [3.8, 4) is 0 Å². The molecule has 7 heteroatoms. The number of hydrogen-bond acceptors (Lipinski definition) is 3. The summed E-state index contributed by atoms with van der Waals surface area (Å²) in [4.78, 5) is 11.1. The Labute approximate surface area is 87.2 Å². The molecule has 80 valence electrons. The predicted molar refractivity (Wildman–Crippen MR) is 54.0 cm³/mol. The third-order valence-corrected chi connectivity index (χ3v) is 2.92. The molecular weight excluding hydrogens is 218 g/mol. The number of primary amides is 1. The van der Waals surface area contributed by atoms with Crippen LogP contribution in [0.25, 0.3) is 0 Å². The first-order valence-electron chi connectivity index (χ1n) is 4.30. The van der Waals surface area contributed by atoms with Gasteiger partial charge in [-0.15, -0.1) is 0 Å². The number of nitrogens with one attached hydrogen (secondary N) is 1. The normalized spacial score (nSPS) is 14.8. The maximum atomic E-state index is 11.1. The number of nitrogens with zero attached hydrogens (tertiary/aromatic N) is 1. The average molecular weight is 227 g/mol. The van der Waals surface area contributed by atoms with Gasteiger partial charge in [-0.05, 0) is 6.07 Å². The molecule has 0 unspecified atom stereocenters. The summed E-state index contributed by atoms with van der Waals surface area (Å²) in [5.74, 6) is -0.629. The van der Waals surface area contributed by atoms with Crippen LogP contribution in [0.4, 0.5) is 0 Å². The highest BCUT2D eigenvalue weighted by atomic mass is 32.2. The SMILES string of the molecule is NC(=O)c1ccn2c1C(=S(=O)=O)NCC2. The lowest BCUT2D eigenvalue weighted by Crippen LogP contribution is -2.37. The summed E-state index contributed by atoms with van der Waals surface area (Å²) in [6.07, 6.45) is 1.66. The molecule has 2 heterocycles. The lowest BCUT2D eigenvalue weighted by atomic mass is 10.2. The minimum atomic E-state index is -2.39. The van der Waals surface area contributed by atoms with Crippen LogP contribution in [0.2, 0.25) is 0 Å². The highest BCUT2D eigenvalue weighted by molar-refractivity contribution is 7.73. The summed E-state index contributed by atoms with van der Waals surface area (Å²) in [7, 11) is -2.39. The largest absolute Gasteiger partial charge is 0.366 e. The topological polar surface area (TPSA) is 94.2 Å². The zero-order valence-electron chi connectivity index (χ0n) is 7.73. The number of nitrogens with two attached hydrogens (primary N) is 1. The maximum Gasteiger partial charge on any atom is 0.250 e. The maximum absolute atomic E-state index is 11.1. The second-order valence-electron chi connectivity index (χ2n) is 3.13. The van der Waals surface area contributed by atoms with Crippen molar-refractivity contribution in [1.82, 2.24) is 9.88 Å². The molecule has 1 aromatic rings. The Balaban J connectivity index is 2.74. The number of amides is 1. The van der Waals surface area contributed by atoms with Crippen molar-refractivity contribution in [3.05, 3.63) is 23.5 Å². The monoisotopic (exact) mass is 227 g/mol. The number of carbonyl (C=O) groups excluding carboxylic acids is 1. The van der Waals surface area contributed by atoms with Gasteiger partial charge in [0.25, 0.3) is 5.91 Å². The van der Waals surface area contributed by atoms with E-state index >= 15 is 0 Å². The van der Waals surface area contributed by atoms with Gasteiger partial charge in [-0.3, -0.25) is 10.1 Å². The fourth-order valence-corrected chi connectivity index (χ4v) is 2.23. The number of hydrogen-bond donors (Lipinski definition) is 2. The van der Waals surface area contributed by atoms with Crippen LogP contribution in [0.3, 0.4) is 0 Å². The van der Waals surface area contributed by atoms with Crippen molar-refractivity contribution in [2.75, 3.05) is 6.54 Å². The summed E-state index contributed by atoms with van der Waals surface area (Å²) in [5.41, 5.74) is 5.72. The fourth-order valence-electron chi connectivity index (χ4n) is 1.62. The zero-order valence-corrected chi connectivity index (χ0v) is 8.54. The average Bonchev–Trinajstić information content (AvgIpc) is 2.60. The fraction of sp³-hybridized carbons (Fsp3) is 0.250. The van der Waals surface area contributed by atoms with Gasteiger partial charge >= 0.3 is 0 Å². The van der Waals surface area contributed by atoms with E-state index in [2.05, 4.69) is 5.32 Å². The molecule has 1 amide bonds. The van der Waals surface area contributed by atoms with Crippen molar-refractivity contribution < 1.29 is 13.2 Å². The highest BCUT2D eigenvalue weighted by Gasteiger charge is 2.22. The summed E-state index contributed by atoms with van der Waals surface area (Å²) < 4.78 is 23.5. The Hall–Kier alpha value is -1.60. The van der Waals surface area contributed by atoms with Crippen LogP contribution in [0, 0.1) is 0 Å². The van der Waals surface area contributed by atoms with Crippen molar-refractivity contribution in [2.45, 2.75) is 6.54 Å². The molecular formula is C8H9N3O3S. The van der Waals surface area contributed by atoms with Crippen LogP contribution < -0.4 is 11.1 Å². The molecule has 0 atom stereocenters. The minimum Gasteiger partial charge on any atom is -0.366 e. The molecule has 1 aliphatic heterocycles. The highest BCUT2D eigenvalue weighted by Crippen LogP contribution is 2.13. The summed E-state index contributed by atoms with van der Waals surface area (Å²) in [5, 5.41) is 2.73. The van der Waals surface area contributed by atoms with Crippen LogP contribution in [0.5, 0.6) is 0 Å². The van der Waals surface area contributed by atoms with Gasteiger partial charge < -0.3 is 10.3 Å². The van der Waals surface area contributed by atoms with Crippen LogP contribution in [-0.2, 0) is 16.8 Å². The van der Waals surface area contributed by atoms with E-state index in [1.165, 1.54) is 6.07 Å². The molecule has 0 bridgehead atoms. The lowest BCUT2D eigenvalue weighted by molar-refractivity contribution is 0.1000. The van der Waals surface area contributed by atoms with E-state index in [0.29, 0.717) is 18.8 Å². The summed E-state index contributed by atoms with van der Waals surface area (Å²) in [6, 6.07) is 1.53. The third-order valence-electron chi connectivity index (χ3n) is 2.25. The van der Waals surface area contributed by atoms with Crippen molar-refractivity contribution in [3.63, 3.8) is 0 Å². The van der Waals surface area contributed by atoms with Crippen LogP contribution in [0.1, 0.15) is 16.1 Å². The molecule has 0 saturated carbocycles. The smallest absolute Gasteiger partial charge is 0.250 e. The summed E-state index contributed by atoms with van der Waals surface area (Å²) >= 11 is 0. The Morgan fingerprint density at radius 2 is 2.27 bits per heavy atom. The first kappa shape index (κ1) is 9.94. The van der Waals surface area contributed by atoms with Crippen LogP contribution >= 0.6 is 0 Å². The minimum absolute atomic E-state index is 0.0278. The third kappa shape index (κ3) is 1.55. The molecule has 1 aliphatic rings. The molecule has 0 saturated heterocycles. The van der Waals surface area contributed by atoms with Crippen molar-refractivity contribution in [2.24, 2.45) is 5.73 Å². The van der Waals surface area contributed by atoms with E-state index in [0.717, 1.165) is 0 Å². The van der Waals surface area contributed by atoms with E-state index in [-0.39, 0.29) is 10.6 Å². The van der Waals surface area contributed by atoms with E-state index in [9.17, 15) is 13.2 Å². The molecule has 0 spiro atoms. The molecule has 6 nitrogen and oxygen atoms in total. The van der Waals surface area contributed by atoms with Crippen molar-refractivity contribution in [1.29, 1.82) is 0 Å². The first-order chi connectivity index (χ1) is 7.11. The van der Waals surface area contributed by atoms with E-state index in [1.54, 1.807) is 10.8 Å². The number of rotatable bonds is 1. The molecule has 2 rings (SSSR count). The van der Waals surface area contributed by atoms with Gasteiger partial charge in [0.2, 0.25) is 10.3 Å². The molecule has 0 aliphatic carbocycles. The Morgan fingerprint density at radius 1 is 1.53 bits per heavy atom. The van der Waals surface area contributed by atoms with E-state index in [1.807, 2.05) is 0 Å². The molecule has 3 N–H and O–H groups in total. The first-order valence-corrected chi connectivity index (χ1v) is 5.38. The van der Waals surface area contributed by atoms with Gasteiger partial charge in [0.05, 0.1) is 11.3 Å². The number of fused-ring (bicyclic) bond motifs is 1. The molecule has 0 fully saturated rings. The number of carbonyl (C=O) groups is 1. The molecule has 1 aromatic heterocycles. The van der Waals surface area contributed by atoms with E-state index in [4.69, 9.17) is 5.73 Å². The molecule has 0 radical (unpaired) electrons. The van der Waals surface area contributed by atoms with Crippen LogP contribution in [-0.4, -0.2) is 30.4 Å². The Kier molecular flexibility index (Phi) is 2.33. The summed E-state index contributed by atoms with van der Waals surface area (Å²) in [6.45, 7) is 1.13. The van der Waals surface area contributed by atoms with Gasteiger partial charge in [-0.1, -0.05) is 0 Å². The lowest BCUT2D eigenvalue weighted by Gasteiger charge is -2.17. The van der Waals surface area contributed by atoms with Gasteiger partial charge in [0.15, 0.2) is 4.99 Å². The van der Waals surface area contributed by atoms with E-state index < -0.39 is 16.2 Å². The van der Waals surface area contributed by atoms with Gasteiger partial charge in [-0.25, -0.2) is 0 Å². The quantitative estimate of drug-likeness (QED) is 0.574. The Morgan fingerprint density at radius 3 is 2.87 bits per heavy atom. The molecule has 0 aromatic carbocycles. The van der Waals surface area contributed by atoms with Crippen LogP contribution in [0.15, 0.2) is 12.3 Å². The second kappa shape index (κ2) is 3.52.